The molecule has 0 saturated heterocycles. The molecule has 0 saturated carbocycles. The molecule has 1 rings (SSSR count). The highest BCUT2D eigenvalue weighted by Crippen LogP contribution is 2.23. The first kappa shape index (κ1) is 14.5. The molecule has 0 spiro atoms. The van der Waals surface area contributed by atoms with Crippen LogP contribution in [-0.2, 0) is 4.74 Å². The van der Waals surface area contributed by atoms with Crippen molar-refractivity contribution in [1.82, 2.24) is 4.98 Å². The lowest BCUT2D eigenvalue weighted by molar-refractivity contribution is 0.0527. The summed E-state index contributed by atoms with van der Waals surface area (Å²) in [5, 5.41) is 3.28. The van der Waals surface area contributed by atoms with Crippen molar-refractivity contribution in [2.45, 2.75) is 40.7 Å². The fourth-order valence-corrected chi connectivity index (χ4v) is 1.32. The van der Waals surface area contributed by atoms with E-state index in [9.17, 15) is 4.79 Å². The smallest absolute Gasteiger partial charge is 0.341 e. The first-order valence-electron chi connectivity index (χ1n) is 6.25. The van der Waals surface area contributed by atoms with Crippen molar-refractivity contribution in [3.8, 4) is 0 Å². The van der Waals surface area contributed by atoms with E-state index in [-0.39, 0.29) is 17.4 Å². The molecular formula is C14H22N2O2. The van der Waals surface area contributed by atoms with Crippen LogP contribution in [-0.4, -0.2) is 23.6 Å². The Bertz CT molecular complexity index is 411. The van der Waals surface area contributed by atoms with Gasteiger partial charge in [-0.2, -0.15) is 0 Å². The third-order valence-electron chi connectivity index (χ3n) is 2.96. The molecule has 1 N–H and O–H groups in total. The summed E-state index contributed by atoms with van der Waals surface area (Å²) in [5.74, 6) is 0.243. The van der Waals surface area contributed by atoms with Crippen molar-refractivity contribution in [2.24, 2.45) is 5.41 Å². The van der Waals surface area contributed by atoms with E-state index >= 15 is 0 Å². The monoisotopic (exact) mass is 250 g/mol. The van der Waals surface area contributed by atoms with Gasteiger partial charge in [0.05, 0.1) is 6.61 Å². The van der Waals surface area contributed by atoms with Crippen LogP contribution < -0.4 is 5.32 Å². The highest BCUT2D eigenvalue weighted by atomic mass is 16.5. The highest BCUT2D eigenvalue weighted by Gasteiger charge is 2.22. The number of carbonyl (C=O) groups is 1. The van der Waals surface area contributed by atoms with E-state index in [0.717, 1.165) is 0 Å². The van der Waals surface area contributed by atoms with Gasteiger partial charge in [-0.3, -0.25) is 0 Å². The Morgan fingerprint density at radius 2 is 2.17 bits per heavy atom. The Balaban J connectivity index is 2.92. The number of rotatable bonds is 4. The Morgan fingerprint density at radius 1 is 1.50 bits per heavy atom. The number of carbonyl (C=O) groups excluding carboxylic acids is 1. The van der Waals surface area contributed by atoms with Crippen LogP contribution in [0.5, 0.6) is 0 Å². The lowest BCUT2D eigenvalue weighted by atomic mass is 9.88. The molecule has 0 fully saturated rings. The minimum Gasteiger partial charge on any atom is -0.462 e. The number of aromatic nitrogens is 1. The van der Waals surface area contributed by atoms with E-state index in [2.05, 4.69) is 38.0 Å². The molecule has 100 valence electrons. The molecule has 1 unspecified atom stereocenters. The van der Waals surface area contributed by atoms with Gasteiger partial charge in [0, 0.05) is 12.2 Å². The maximum absolute atomic E-state index is 11.8. The number of hydrogen-bond donors (Lipinski definition) is 1. The van der Waals surface area contributed by atoms with Crippen molar-refractivity contribution in [1.29, 1.82) is 0 Å². The van der Waals surface area contributed by atoms with Crippen LogP contribution in [0.3, 0.4) is 0 Å². The largest absolute Gasteiger partial charge is 0.462 e. The minimum atomic E-state index is -0.339. The third-order valence-corrected chi connectivity index (χ3v) is 2.96. The van der Waals surface area contributed by atoms with Crippen LogP contribution in [0.1, 0.15) is 45.0 Å². The molecule has 1 aromatic heterocycles. The lowest BCUT2D eigenvalue weighted by Crippen LogP contribution is -2.32. The molecule has 1 aromatic rings. The molecule has 4 nitrogen and oxygen atoms in total. The molecule has 0 bridgehead atoms. The second-order valence-electron chi connectivity index (χ2n) is 5.35. The van der Waals surface area contributed by atoms with Gasteiger partial charge in [-0.05, 0) is 31.4 Å². The Hall–Kier alpha value is -1.58. The van der Waals surface area contributed by atoms with Crippen molar-refractivity contribution in [3.63, 3.8) is 0 Å². The molecule has 4 heteroatoms. The van der Waals surface area contributed by atoms with Crippen molar-refractivity contribution in [2.75, 3.05) is 11.9 Å². The van der Waals surface area contributed by atoms with Crippen molar-refractivity contribution < 1.29 is 9.53 Å². The zero-order chi connectivity index (χ0) is 13.8. The first-order valence-corrected chi connectivity index (χ1v) is 6.25. The van der Waals surface area contributed by atoms with Crippen LogP contribution in [0.4, 0.5) is 5.82 Å². The normalized spacial score (nSPS) is 12.9. The fourth-order valence-electron chi connectivity index (χ4n) is 1.32. The number of nitrogens with one attached hydrogen (secondary N) is 1. The summed E-state index contributed by atoms with van der Waals surface area (Å²) in [5.41, 5.74) is 0.569. The summed E-state index contributed by atoms with van der Waals surface area (Å²) >= 11 is 0. The minimum absolute atomic E-state index is 0.0868. The number of ether oxygens (including phenoxy) is 1. The van der Waals surface area contributed by atoms with E-state index in [1.807, 2.05) is 0 Å². The molecule has 18 heavy (non-hydrogen) atoms. The van der Waals surface area contributed by atoms with Crippen LogP contribution in [0.25, 0.3) is 0 Å². The molecule has 0 aliphatic rings. The number of anilines is 1. The van der Waals surface area contributed by atoms with Gasteiger partial charge in [-0.25, -0.2) is 9.78 Å². The molecule has 0 amide bonds. The van der Waals surface area contributed by atoms with Gasteiger partial charge in [0.2, 0.25) is 0 Å². The zero-order valence-corrected chi connectivity index (χ0v) is 11.8. The van der Waals surface area contributed by atoms with E-state index in [4.69, 9.17) is 4.74 Å². The summed E-state index contributed by atoms with van der Waals surface area (Å²) < 4.78 is 5.02. The van der Waals surface area contributed by atoms with E-state index in [1.165, 1.54) is 0 Å². The number of nitrogens with zero attached hydrogens (tertiary/aromatic N) is 1. The van der Waals surface area contributed by atoms with Gasteiger partial charge in [-0.15, -0.1) is 0 Å². The van der Waals surface area contributed by atoms with Crippen LogP contribution in [0.15, 0.2) is 18.3 Å². The lowest BCUT2D eigenvalue weighted by Gasteiger charge is -2.29. The average Bonchev–Trinajstić information content (AvgIpc) is 2.28. The van der Waals surface area contributed by atoms with Crippen LogP contribution in [0.2, 0.25) is 0 Å². The van der Waals surface area contributed by atoms with Crippen molar-refractivity contribution in [3.05, 3.63) is 23.9 Å². The topological polar surface area (TPSA) is 51.2 Å². The quantitative estimate of drug-likeness (QED) is 0.834. The predicted octanol–water partition coefficient (Wildman–Crippen LogP) is 3.10. The van der Waals surface area contributed by atoms with Gasteiger partial charge in [0.25, 0.3) is 0 Å². The zero-order valence-electron chi connectivity index (χ0n) is 11.8. The summed E-state index contributed by atoms with van der Waals surface area (Å²) in [7, 11) is 0. The second kappa shape index (κ2) is 5.85. The van der Waals surface area contributed by atoms with E-state index in [0.29, 0.717) is 18.0 Å². The Labute approximate surface area is 109 Å². The molecule has 0 aliphatic carbocycles. The first-order chi connectivity index (χ1) is 8.36. The van der Waals surface area contributed by atoms with Gasteiger partial charge >= 0.3 is 5.97 Å². The summed E-state index contributed by atoms with van der Waals surface area (Å²) in [6.45, 7) is 10.6. The number of hydrogen-bond acceptors (Lipinski definition) is 4. The molecule has 0 radical (unpaired) electrons. The molecule has 1 heterocycles. The third kappa shape index (κ3) is 3.72. The SMILES string of the molecule is CCOC(=O)c1cccnc1NC(C)C(C)(C)C. The molecule has 0 aliphatic heterocycles. The number of pyridine rings is 1. The molecule has 0 aromatic carbocycles. The summed E-state index contributed by atoms with van der Waals surface area (Å²) in [6.07, 6.45) is 1.67. The maximum atomic E-state index is 11.8. The van der Waals surface area contributed by atoms with Crippen LogP contribution >= 0.6 is 0 Å². The average molecular weight is 250 g/mol. The maximum Gasteiger partial charge on any atom is 0.341 e. The fraction of sp³-hybridized carbons (Fsp3) is 0.571. The van der Waals surface area contributed by atoms with Crippen LogP contribution in [0, 0.1) is 5.41 Å². The second-order valence-corrected chi connectivity index (χ2v) is 5.35. The number of esters is 1. The molecular weight excluding hydrogens is 228 g/mol. The van der Waals surface area contributed by atoms with Gasteiger partial charge in [0.1, 0.15) is 11.4 Å². The predicted molar refractivity (Wildman–Crippen MR) is 72.7 cm³/mol. The van der Waals surface area contributed by atoms with E-state index in [1.54, 1.807) is 25.3 Å². The van der Waals surface area contributed by atoms with Crippen molar-refractivity contribution >= 4 is 11.8 Å². The summed E-state index contributed by atoms with van der Waals surface area (Å²) in [4.78, 5) is 16.0. The highest BCUT2D eigenvalue weighted by molar-refractivity contribution is 5.94. The standard InChI is InChI=1S/C14H22N2O2/c1-6-18-13(17)11-8-7-9-15-12(11)16-10(2)14(3,4)5/h7-10H,6H2,1-5H3,(H,15,16). The Morgan fingerprint density at radius 3 is 2.72 bits per heavy atom. The van der Waals surface area contributed by atoms with Gasteiger partial charge in [0.15, 0.2) is 0 Å². The van der Waals surface area contributed by atoms with Gasteiger partial charge in [-0.1, -0.05) is 20.8 Å². The Kier molecular flexibility index (Phi) is 4.70. The van der Waals surface area contributed by atoms with E-state index < -0.39 is 0 Å². The molecule has 1 atom stereocenters. The van der Waals surface area contributed by atoms with Gasteiger partial charge < -0.3 is 10.1 Å². The summed E-state index contributed by atoms with van der Waals surface area (Å²) in [6, 6.07) is 3.66.